The summed E-state index contributed by atoms with van der Waals surface area (Å²) in [5, 5.41) is 0. The Morgan fingerprint density at radius 3 is 2.56 bits per heavy atom. The Balaban J connectivity index is 0.00000162. The number of carbonyl (C=O) groups excluding carboxylic acids is 1. The molecule has 2 N–H and O–H groups in total. The number of hydrogen-bond acceptors (Lipinski definition) is 3. The molecule has 0 saturated carbocycles. The largest absolute Gasteiger partial charge is 0.378 e. The first-order chi connectivity index (χ1) is 8.16. The third kappa shape index (κ3) is 4.11. The summed E-state index contributed by atoms with van der Waals surface area (Å²) >= 11 is 0. The van der Waals surface area contributed by atoms with Crippen LogP contribution >= 0.6 is 12.4 Å². The van der Waals surface area contributed by atoms with Gasteiger partial charge in [-0.1, -0.05) is 0 Å². The lowest BCUT2D eigenvalue weighted by Crippen LogP contribution is -2.43. The molecule has 0 spiro atoms. The maximum Gasteiger partial charge on any atom is 0.225 e. The second kappa shape index (κ2) is 7.31. The van der Waals surface area contributed by atoms with Crippen LogP contribution in [0.1, 0.15) is 39.0 Å². The van der Waals surface area contributed by atoms with E-state index in [9.17, 15) is 4.79 Å². The molecule has 18 heavy (non-hydrogen) atoms. The van der Waals surface area contributed by atoms with E-state index in [0.717, 1.165) is 45.4 Å². The van der Waals surface area contributed by atoms with Crippen LogP contribution in [0.15, 0.2) is 0 Å². The first-order valence-electron chi connectivity index (χ1n) is 6.82. The number of rotatable bonds is 3. The topological polar surface area (TPSA) is 55.6 Å². The van der Waals surface area contributed by atoms with Crippen LogP contribution in [0.2, 0.25) is 0 Å². The van der Waals surface area contributed by atoms with Crippen molar-refractivity contribution in [1.82, 2.24) is 4.90 Å². The Hall–Kier alpha value is -0.320. The number of hydrogen-bond donors (Lipinski definition) is 1. The molecule has 2 fully saturated rings. The average molecular weight is 277 g/mol. The molecular weight excluding hydrogens is 252 g/mol. The fourth-order valence-electron chi connectivity index (χ4n) is 2.80. The lowest BCUT2D eigenvalue weighted by atomic mass is 9.91. The minimum absolute atomic E-state index is 0. The highest BCUT2D eigenvalue weighted by Crippen LogP contribution is 2.22. The SMILES string of the molecule is CC(N)C1CCN(C(=O)CC2CCCO2)CC1.Cl. The minimum Gasteiger partial charge on any atom is -0.378 e. The van der Waals surface area contributed by atoms with E-state index < -0.39 is 0 Å². The third-order valence-corrected chi connectivity index (χ3v) is 4.06. The third-order valence-electron chi connectivity index (χ3n) is 4.06. The molecule has 0 bridgehead atoms. The van der Waals surface area contributed by atoms with Crippen LogP contribution < -0.4 is 5.73 Å². The molecule has 2 aliphatic rings. The van der Waals surface area contributed by atoms with Crippen molar-refractivity contribution >= 4 is 18.3 Å². The van der Waals surface area contributed by atoms with Crippen molar-refractivity contribution in [3.63, 3.8) is 0 Å². The van der Waals surface area contributed by atoms with Gasteiger partial charge in [-0.3, -0.25) is 4.79 Å². The number of piperidine rings is 1. The monoisotopic (exact) mass is 276 g/mol. The molecule has 2 rings (SSSR count). The second-order valence-corrected chi connectivity index (χ2v) is 5.42. The molecule has 0 aromatic rings. The van der Waals surface area contributed by atoms with Crippen molar-refractivity contribution in [3.8, 4) is 0 Å². The molecule has 0 radical (unpaired) electrons. The zero-order valence-electron chi connectivity index (χ0n) is 11.1. The Morgan fingerprint density at radius 2 is 2.06 bits per heavy atom. The number of amides is 1. The first kappa shape index (κ1) is 15.7. The molecule has 4 nitrogen and oxygen atoms in total. The Labute approximate surface area is 116 Å². The van der Waals surface area contributed by atoms with Crippen LogP contribution in [0.25, 0.3) is 0 Å². The summed E-state index contributed by atoms with van der Waals surface area (Å²) in [6.07, 6.45) is 4.99. The molecule has 0 aromatic heterocycles. The smallest absolute Gasteiger partial charge is 0.225 e. The van der Waals surface area contributed by atoms with E-state index in [2.05, 4.69) is 6.92 Å². The molecule has 1 amide bonds. The summed E-state index contributed by atoms with van der Waals surface area (Å²) in [6.45, 7) is 4.63. The summed E-state index contributed by atoms with van der Waals surface area (Å²) in [7, 11) is 0. The number of carbonyl (C=O) groups is 1. The molecule has 2 aliphatic heterocycles. The Morgan fingerprint density at radius 1 is 1.39 bits per heavy atom. The van der Waals surface area contributed by atoms with Crippen LogP contribution in [0.4, 0.5) is 0 Å². The quantitative estimate of drug-likeness (QED) is 0.851. The van der Waals surface area contributed by atoms with Gasteiger partial charge in [0.25, 0.3) is 0 Å². The molecule has 0 aliphatic carbocycles. The predicted octanol–water partition coefficient (Wildman–Crippen LogP) is 1.56. The van der Waals surface area contributed by atoms with Crippen molar-refractivity contribution in [2.45, 2.75) is 51.2 Å². The maximum absolute atomic E-state index is 12.0. The van der Waals surface area contributed by atoms with Crippen LogP contribution in [-0.4, -0.2) is 42.6 Å². The van der Waals surface area contributed by atoms with Gasteiger partial charge < -0.3 is 15.4 Å². The summed E-state index contributed by atoms with van der Waals surface area (Å²) in [4.78, 5) is 14.0. The molecule has 106 valence electrons. The lowest BCUT2D eigenvalue weighted by molar-refractivity contribution is -0.135. The van der Waals surface area contributed by atoms with Gasteiger partial charge in [-0.2, -0.15) is 0 Å². The van der Waals surface area contributed by atoms with E-state index in [1.165, 1.54) is 0 Å². The van der Waals surface area contributed by atoms with Crippen LogP contribution in [0.5, 0.6) is 0 Å². The summed E-state index contributed by atoms with van der Waals surface area (Å²) in [6, 6.07) is 0.255. The van der Waals surface area contributed by atoms with Gasteiger partial charge >= 0.3 is 0 Å². The van der Waals surface area contributed by atoms with Gasteiger partial charge in [-0.05, 0) is 38.5 Å². The zero-order valence-corrected chi connectivity index (χ0v) is 12.0. The van der Waals surface area contributed by atoms with Crippen molar-refractivity contribution in [2.24, 2.45) is 11.7 Å². The van der Waals surface area contributed by atoms with Gasteiger partial charge in [0.15, 0.2) is 0 Å². The minimum atomic E-state index is 0. The molecule has 5 heteroatoms. The summed E-state index contributed by atoms with van der Waals surface area (Å²) in [5.74, 6) is 0.849. The normalized spacial score (nSPS) is 26.8. The fourth-order valence-corrected chi connectivity index (χ4v) is 2.80. The van der Waals surface area contributed by atoms with Crippen molar-refractivity contribution in [3.05, 3.63) is 0 Å². The number of likely N-dealkylation sites (tertiary alicyclic amines) is 1. The molecule has 2 heterocycles. The van der Waals surface area contributed by atoms with Crippen molar-refractivity contribution in [1.29, 1.82) is 0 Å². The van der Waals surface area contributed by atoms with Gasteiger partial charge in [-0.15, -0.1) is 12.4 Å². The van der Waals surface area contributed by atoms with Gasteiger partial charge in [0.05, 0.1) is 12.5 Å². The van der Waals surface area contributed by atoms with Crippen molar-refractivity contribution < 1.29 is 9.53 Å². The van der Waals surface area contributed by atoms with Crippen LogP contribution in [-0.2, 0) is 9.53 Å². The van der Waals surface area contributed by atoms with Gasteiger partial charge in [0.1, 0.15) is 0 Å². The molecule has 2 unspecified atom stereocenters. The number of nitrogens with zero attached hydrogens (tertiary/aromatic N) is 1. The highest BCUT2D eigenvalue weighted by molar-refractivity contribution is 5.85. The Kier molecular flexibility index (Phi) is 6.39. The summed E-state index contributed by atoms with van der Waals surface area (Å²) in [5.41, 5.74) is 5.90. The van der Waals surface area contributed by atoms with E-state index in [0.29, 0.717) is 12.3 Å². The van der Waals surface area contributed by atoms with E-state index in [-0.39, 0.29) is 30.5 Å². The average Bonchev–Trinajstić information content (AvgIpc) is 2.82. The van der Waals surface area contributed by atoms with Gasteiger partial charge in [0, 0.05) is 25.7 Å². The molecule has 2 saturated heterocycles. The first-order valence-corrected chi connectivity index (χ1v) is 6.82. The molecular formula is C13H25ClN2O2. The Bertz CT molecular complexity index is 260. The van der Waals surface area contributed by atoms with Gasteiger partial charge in [0.2, 0.25) is 5.91 Å². The van der Waals surface area contributed by atoms with Crippen LogP contribution in [0, 0.1) is 5.92 Å². The van der Waals surface area contributed by atoms with E-state index >= 15 is 0 Å². The number of nitrogens with two attached hydrogens (primary N) is 1. The molecule has 2 atom stereocenters. The van der Waals surface area contributed by atoms with Crippen LogP contribution in [0.3, 0.4) is 0 Å². The van der Waals surface area contributed by atoms with E-state index in [1.54, 1.807) is 0 Å². The standard InChI is InChI=1S/C13H24N2O2.ClH/c1-10(14)11-4-6-15(7-5-11)13(16)9-12-3-2-8-17-12;/h10-12H,2-9,14H2,1H3;1H. The zero-order chi connectivity index (χ0) is 12.3. The van der Waals surface area contributed by atoms with Gasteiger partial charge in [-0.25, -0.2) is 0 Å². The van der Waals surface area contributed by atoms with E-state index in [4.69, 9.17) is 10.5 Å². The maximum atomic E-state index is 12.0. The second-order valence-electron chi connectivity index (χ2n) is 5.42. The number of ether oxygens (including phenoxy) is 1. The molecule has 0 aromatic carbocycles. The highest BCUT2D eigenvalue weighted by atomic mass is 35.5. The lowest BCUT2D eigenvalue weighted by Gasteiger charge is -2.34. The van der Waals surface area contributed by atoms with Crippen molar-refractivity contribution in [2.75, 3.05) is 19.7 Å². The number of halogens is 1. The summed E-state index contributed by atoms with van der Waals surface area (Å²) < 4.78 is 5.51. The fraction of sp³-hybridized carbons (Fsp3) is 0.923. The predicted molar refractivity (Wildman–Crippen MR) is 73.8 cm³/mol. The van der Waals surface area contributed by atoms with E-state index in [1.807, 2.05) is 4.90 Å². The highest BCUT2D eigenvalue weighted by Gasteiger charge is 2.27.